The summed E-state index contributed by atoms with van der Waals surface area (Å²) in [6.45, 7) is 7.84. The van der Waals surface area contributed by atoms with Crippen molar-refractivity contribution in [1.29, 1.82) is 0 Å². The van der Waals surface area contributed by atoms with Crippen LogP contribution in [0.1, 0.15) is 54.4 Å². The third-order valence-corrected chi connectivity index (χ3v) is 3.47. The summed E-state index contributed by atoms with van der Waals surface area (Å²) in [5.74, 6) is -1.02. The molecular formula is C16H22O3. The second kappa shape index (κ2) is 6.50. The highest BCUT2D eigenvalue weighted by atomic mass is 16.4. The molecule has 1 N–H and O–H groups in total. The lowest BCUT2D eigenvalue weighted by molar-refractivity contribution is -0.137. The number of carbonyl (C=O) groups is 2. The molecule has 1 atom stereocenters. The fraction of sp³-hybridized carbons (Fsp3) is 0.500. The standard InChI is InChI=1S/C16H22O3/c1-5-14(17)13(6-7-15(18)19)16-11(3)8-10(2)9-12(16)4/h8-9,13H,5-7H2,1-4H3,(H,18,19). The van der Waals surface area contributed by atoms with E-state index in [9.17, 15) is 9.59 Å². The molecule has 0 aliphatic heterocycles. The molecule has 0 saturated heterocycles. The number of aliphatic carboxylic acids is 1. The van der Waals surface area contributed by atoms with E-state index >= 15 is 0 Å². The summed E-state index contributed by atoms with van der Waals surface area (Å²) >= 11 is 0. The molecular weight excluding hydrogens is 240 g/mol. The Hall–Kier alpha value is -1.64. The summed E-state index contributed by atoms with van der Waals surface area (Å²) in [6, 6.07) is 4.11. The van der Waals surface area contributed by atoms with Crippen LogP contribution < -0.4 is 0 Å². The number of aryl methyl sites for hydroxylation is 3. The Morgan fingerprint density at radius 3 is 2.11 bits per heavy atom. The first-order valence-electron chi connectivity index (χ1n) is 6.69. The fourth-order valence-electron chi connectivity index (χ4n) is 2.72. The highest BCUT2D eigenvalue weighted by Crippen LogP contribution is 2.30. The van der Waals surface area contributed by atoms with Gasteiger partial charge >= 0.3 is 5.97 Å². The van der Waals surface area contributed by atoms with Crippen molar-refractivity contribution in [3.63, 3.8) is 0 Å². The van der Waals surface area contributed by atoms with Gasteiger partial charge in [0.2, 0.25) is 0 Å². The molecule has 0 fully saturated rings. The Morgan fingerprint density at radius 1 is 1.16 bits per heavy atom. The second-order valence-corrected chi connectivity index (χ2v) is 5.12. The van der Waals surface area contributed by atoms with Crippen LogP contribution in [-0.4, -0.2) is 16.9 Å². The van der Waals surface area contributed by atoms with Crippen molar-refractivity contribution in [3.05, 3.63) is 34.4 Å². The van der Waals surface area contributed by atoms with E-state index in [1.165, 1.54) is 5.56 Å². The van der Waals surface area contributed by atoms with Gasteiger partial charge in [0.1, 0.15) is 5.78 Å². The van der Waals surface area contributed by atoms with Gasteiger partial charge in [-0.2, -0.15) is 0 Å². The van der Waals surface area contributed by atoms with E-state index in [0.29, 0.717) is 12.8 Å². The number of hydrogen-bond acceptors (Lipinski definition) is 2. The summed E-state index contributed by atoms with van der Waals surface area (Å²) in [7, 11) is 0. The van der Waals surface area contributed by atoms with Crippen LogP contribution in [0, 0.1) is 20.8 Å². The summed E-state index contributed by atoms with van der Waals surface area (Å²) in [6.07, 6.45) is 0.854. The third kappa shape index (κ3) is 3.91. The van der Waals surface area contributed by atoms with Gasteiger partial charge in [-0.1, -0.05) is 24.6 Å². The zero-order chi connectivity index (χ0) is 14.6. The number of carbonyl (C=O) groups excluding carboxylic acids is 1. The summed E-state index contributed by atoms with van der Waals surface area (Å²) in [5, 5.41) is 8.84. The molecule has 0 radical (unpaired) electrons. The molecule has 0 saturated carbocycles. The first-order valence-corrected chi connectivity index (χ1v) is 6.69. The van der Waals surface area contributed by atoms with Gasteiger partial charge in [-0.05, 0) is 43.9 Å². The number of carboxylic acids is 1. The number of hydrogen-bond donors (Lipinski definition) is 1. The summed E-state index contributed by atoms with van der Waals surface area (Å²) < 4.78 is 0. The SMILES string of the molecule is CCC(=O)C(CCC(=O)O)c1c(C)cc(C)cc1C. The highest BCUT2D eigenvalue weighted by molar-refractivity contribution is 5.86. The molecule has 0 aliphatic carbocycles. The Bertz CT molecular complexity index is 466. The summed E-state index contributed by atoms with van der Waals surface area (Å²) in [4.78, 5) is 22.9. The van der Waals surface area contributed by atoms with Gasteiger partial charge in [-0.3, -0.25) is 9.59 Å². The molecule has 0 bridgehead atoms. The monoisotopic (exact) mass is 262 g/mol. The average molecular weight is 262 g/mol. The molecule has 3 heteroatoms. The molecule has 3 nitrogen and oxygen atoms in total. The van der Waals surface area contributed by atoms with E-state index in [2.05, 4.69) is 12.1 Å². The van der Waals surface area contributed by atoms with E-state index in [4.69, 9.17) is 5.11 Å². The van der Waals surface area contributed by atoms with Crippen LogP contribution in [0.5, 0.6) is 0 Å². The number of Topliss-reactive ketones (excluding diaryl/α,β-unsaturated/α-hetero) is 1. The Kier molecular flexibility index (Phi) is 5.28. The van der Waals surface area contributed by atoms with Crippen LogP contribution >= 0.6 is 0 Å². The van der Waals surface area contributed by atoms with Crippen molar-refractivity contribution < 1.29 is 14.7 Å². The third-order valence-electron chi connectivity index (χ3n) is 3.47. The van der Waals surface area contributed by atoms with Gasteiger partial charge in [0.15, 0.2) is 0 Å². The summed E-state index contributed by atoms with van der Waals surface area (Å²) in [5.41, 5.74) is 4.34. The van der Waals surface area contributed by atoms with E-state index in [1.807, 2.05) is 27.7 Å². The van der Waals surface area contributed by atoms with Crippen LogP contribution in [0.4, 0.5) is 0 Å². The number of ketones is 1. The Labute approximate surface area is 114 Å². The van der Waals surface area contributed by atoms with Crippen molar-refractivity contribution in [1.82, 2.24) is 0 Å². The van der Waals surface area contributed by atoms with E-state index in [-0.39, 0.29) is 18.1 Å². The molecule has 0 heterocycles. The minimum Gasteiger partial charge on any atom is -0.481 e. The normalized spacial score (nSPS) is 12.2. The Balaban J connectivity index is 3.17. The zero-order valence-electron chi connectivity index (χ0n) is 12.1. The predicted molar refractivity (Wildman–Crippen MR) is 75.6 cm³/mol. The smallest absolute Gasteiger partial charge is 0.303 e. The molecule has 104 valence electrons. The van der Waals surface area contributed by atoms with E-state index < -0.39 is 5.97 Å². The maximum Gasteiger partial charge on any atom is 0.303 e. The maximum absolute atomic E-state index is 12.1. The van der Waals surface area contributed by atoms with Crippen LogP contribution in [0.15, 0.2) is 12.1 Å². The minimum atomic E-state index is -0.851. The molecule has 0 spiro atoms. The van der Waals surface area contributed by atoms with Crippen molar-refractivity contribution in [3.8, 4) is 0 Å². The lowest BCUT2D eigenvalue weighted by atomic mass is 9.83. The molecule has 1 aromatic rings. The average Bonchev–Trinajstić information content (AvgIpc) is 2.30. The van der Waals surface area contributed by atoms with Gasteiger partial charge < -0.3 is 5.11 Å². The van der Waals surface area contributed by atoms with Crippen molar-refractivity contribution in [2.45, 2.75) is 52.9 Å². The first kappa shape index (κ1) is 15.4. The van der Waals surface area contributed by atoms with Crippen molar-refractivity contribution in [2.24, 2.45) is 0 Å². The van der Waals surface area contributed by atoms with Gasteiger partial charge in [0.05, 0.1) is 0 Å². The van der Waals surface area contributed by atoms with Crippen LogP contribution in [0.2, 0.25) is 0 Å². The fourth-order valence-corrected chi connectivity index (χ4v) is 2.72. The van der Waals surface area contributed by atoms with Crippen LogP contribution in [0.3, 0.4) is 0 Å². The zero-order valence-corrected chi connectivity index (χ0v) is 12.1. The number of rotatable bonds is 6. The van der Waals surface area contributed by atoms with Crippen LogP contribution in [0.25, 0.3) is 0 Å². The molecule has 1 rings (SSSR count). The van der Waals surface area contributed by atoms with Crippen molar-refractivity contribution in [2.75, 3.05) is 0 Å². The number of benzene rings is 1. The minimum absolute atomic E-state index is 0.0309. The van der Waals surface area contributed by atoms with Gasteiger partial charge in [-0.25, -0.2) is 0 Å². The van der Waals surface area contributed by atoms with Gasteiger partial charge in [0.25, 0.3) is 0 Å². The Morgan fingerprint density at radius 2 is 1.68 bits per heavy atom. The maximum atomic E-state index is 12.1. The molecule has 0 aliphatic rings. The molecule has 1 unspecified atom stereocenters. The molecule has 0 amide bonds. The lowest BCUT2D eigenvalue weighted by Gasteiger charge is -2.20. The first-order chi connectivity index (χ1) is 8.86. The van der Waals surface area contributed by atoms with Crippen molar-refractivity contribution >= 4 is 11.8 Å². The lowest BCUT2D eigenvalue weighted by Crippen LogP contribution is -2.16. The van der Waals surface area contributed by atoms with Gasteiger partial charge in [0, 0.05) is 18.8 Å². The molecule has 0 aromatic heterocycles. The van der Waals surface area contributed by atoms with E-state index in [1.54, 1.807) is 0 Å². The highest BCUT2D eigenvalue weighted by Gasteiger charge is 2.23. The molecule has 19 heavy (non-hydrogen) atoms. The number of carboxylic acid groups (broad SMARTS) is 1. The van der Waals surface area contributed by atoms with Crippen LogP contribution in [-0.2, 0) is 9.59 Å². The largest absolute Gasteiger partial charge is 0.481 e. The topological polar surface area (TPSA) is 54.4 Å². The van der Waals surface area contributed by atoms with E-state index in [0.717, 1.165) is 16.7 Å². The quantitative estimate of drug-likeness (QED) is 0.853. The second-order valence-electron chi connectivity index (χ2n) is 5.12. The van der Waals surface area contributed by atoms with Gasteiger partial charge in [-0.15, -0.1) is 0 Å². The molecule has 1 aromatic carbocycles. The predicted octanol–water partition coefficient (Wildman–Crippen LogP) is 3.54.